The van der Waals surface area contributed by atoms with Crippen LogP contribution in [-0.4, -0.2) is 51.1 Å². The zero-order chi connectivity index (χ0) is 19.5. The zero-order valence-electron chi connectivity index (χ0n) is 15.7. The average molecular weight is 450 g/mol. The van der Waals surface area contributed by atoms with Crippen LogP contribution in [-0.2, 0) is 17.8 Å². The minimum absolute atomic E-state index is 0.0399. The molecule has 0 spiro atoms. The summed E-state index contributed by atoms with van der Waals surface area (Å²) in [7, 11) is 0. The van der Waals surface area contributed by atoms with Crippen LogP contribution >= 0.6 is 15.9 Å². The van der Waals surface area contributed by atoms with Crippen molar-refractivity contribution in [3.63, 3.8) is 0 Å². The van der Waals surface area contributed by atoms with E-state index in [1.54, 1.807) is 12.1 Å². The molecule has 9 heteroatoms. The second-order valence-electron chi connectivity index (χ2n) is 7.40. The van der Waals surface area contributed by atoms with Crippen LogP contribution in [0.2, 0.25) is 0 Å². The lowest BCUT2D eigenvalue weighted by atomic mass is 9.97. The number of piperidine rings is 1. The molecule has 1 atom stereocenters. The highest BCUT2D eigenvalue weighted by Crippen LogP contribution is 2.28. The van der Waals surface area contributed by atoms with Crippen LogP contribution in [0, 0.1) is 0 Å². The Balaban J connectivity index is 1.36. The van der Waals surface area contributed by atoms with E-state index in [1.165, 1.54) is 12.8 Å². The van der Waals surface area contributed by atoms with Crippen molar-refractivity contribution in [2.45, 2.75) is 51.0 Å². The van der Waals surface area contributed by atoms with E-state index >= 15 is 0 Å². The smallest absolute Gasteiger partial charge is 0.287 e. The van der Waals surface area contributed by atoms with E-state index in [4.69, 9.17) is 4.42 Å². The van der Waals surface area contributed by atoms with Gasteiger partial charge in [0.2, 0.25) is 5.91 Å². The highest BCUT2D eigenvalue weighted by Gasteiger charge is 2.29. The predicted octanol–water partition coefficient (Wildman–Crippen LogP) is 2.50. The number of fused-ring (bicyclic) bond motifs is 1. The van der Waals surface area contributed by atoms with E-state index in [0.29, 0.717) is 17.8 Å². The van der Waals surface area contributed by atoms with Gasteiger partial charge in [0.15, 0.2) is 10.4 Å². The molecule has 2 aliphatic rings. The number of hydrogen-bond donors (Lipinski definition) is 1. The second kappa shape index (κ2) is 8.46. The molecule has 4 rings (SSSR count). The van der Waals surface area contributed by atoms with Crippen molar-refractivity contribution in [2.24, 2.45) is 0 Å². The lowest BCUT2D eigenvalue weighted by Crippen LogP contribution is -2.44. The average Bonchev–Trinajstić information content (AvgIpc) is 3.25. The van der Waals surface area contributed by atoms with E-state index in [1.807, 2.05) is 4.90 Å². The fraction of sp³-hybridized carbons (Fsp3) is 0.579. The first kappa shape index (κ1) is 19.2. The summed E-state index contributed by atoms with van der Waals surface area (Å²) < 4.78 is 7.96. The first-order chi connectivity index (χ1) is 13.6. The second-order valence-corrected chi connectivity index (χ2v) is 8.18. The largest absolute Gasteiger partial charge is 0.444 e. The number of carbonyl (C=O) groups excluding carboxylic acids is 2. The summed E-state index contributed by atoms with van der Waals surface area (Å²) in [5, 5.41) is 11.5. The first-order valence-electron chi connectivity index (χ1n) is 9.85. The maximum absolute atomic E-state index is 12.6. The number of nitrogens with zero attached hydrogens (tertiary/aromatic N) is 4. The van der Waals surface area contributed by atoms with Crippen molar-refractivity contribution in [1.82, 2.24) is 25.0 Å². The lowest BCUT2D eigenvalue weighted by molar-refractivity contribution is -0.131. The van der Waals surface area contributed by atoms with Gasteiger partial charge in [0.1, 0.15) is 11.6 Å². The van der Waals surface area contributed by atoms with Crippen molar-refractivity contribution < 1.29 is 14.0 Å². The van der Waals surface area contributed by atoms with E-state index in [-0.39, 0.29) is 24.1 Å². The van der Waals surface area contributed by atoms with Gasteiger partial charge < -0.3 is 19.2 Å². The Morgan fingerprint density at radius 1 is 1.18 bits per heavy atom. The van der Waals surface area contributed by atoms with E-state index in [0.717, 1.165) is 43.9 Å². The molecule has 2 amide bonds. The summed E-state index contributed by atoms with van der Waals surface area (Å²) in [4.78, 5) is 26.5. The van der Waals surface area contributed by atoms with Crippen molar-refractivity contribution in [1.29, 1.82) is 0 Å². The number of hydrogen-bond acceptors (Lipinski definition) is 5. The van der Waals surface area contributed by atoms with Crippen molar-refractivity contribution in [3.8, 4) is 0 Å². The summed E-state index contributed by atoms with van der Waals surface area (Å²) in [5.74, 6) is 2.00. The van der Waals surface area contributed by atoms with Gasteiger partial charge >= 0.3 is 0 Å². The van der Waals surface area contributed by atoms with Crippen molar-refractivity contribution in [3.05, 3.63) is 34.2 Å². The maximum Gasteiger partial charge on any atom is 0.287 e. The normalized spacial score (nSPS) is 19.8. The molecule has 28 heavy (non-hydrogen) atoms. The molecule has 2 aromatic rings. The number of nitrogens with one attached hydrogen (secondary N) is 1. The quantitative estimate of drug-likeness (QED) is 0.773. The summed E-state index contributed by atoms with van der Waals surface area (Å²) in [6.07, 6.45) is 6.47. The standard InChI is InChI=1S/C19H24BrN5O3/c20-15-8-7-14(28-15)19(27)21-11-17(26)24-9-4-5-13(12-24)18-23-22-16-6-2-1-3-10-25(16)18/h7-8,13H,1-6,9-12H2,(H,21,27)/t13-/m1/s1. The molecule has 0 radical (unpaired) electrons. The monoisotopic (exact) mass is 449 g/mol. The molecule has 150 valence electrons. The molecule has 0 unspecified atom stereocenters. The fourth-order valence-electron chi connectivity index (χ4n) is 4.02. The third-order valence-electron chi connectivity index (χ3n) is 5.47. The number of aryl methyl sites for hydroxylation is 1. The molecule has 0 saturated carbocycles. The van der Waals surface area contributed by atoms with Gasteiger partial charge in [-0.15, -0.1) is 10.2 Å². The minimum atomic E-state index is -0.393. The number of carbonyl (C=O) groups is 2. The Hall–Kier alpha value is -2.16. The Labute approximate surface area is 171 Å². The summed E-state index contributed by atoms with van der Waals surface area (Å²) in [5.41, 5.74) is 0. The van der Waals surface area contributed by atoms with E-state index in [2.05, 4.69) is 36.0 Å². The van der Waals surface area contributed by atoms with Crippen LogP contribution in [0.5, 0.6) is 0 Å². The number of furan rings is 1. The minimum Gasteiger partial charge on any atom is -0.444 e. The molecule has 1 saturated heterocycles. The SMILES string of the molecule is O=C(NCC(=O)N1CCC[C@@H](c2nnc3n2CCCCC3)C1)c1ccc(Br)o1. The van der Waals surface area contributed by atoms with Crippen LogP contribution < -0.4 is 5.32 Å². The topological polar surface area (TPSA) is 93.3 Å². The third kappa shape index (κ3) is 4.14. The lowest BCUT2D eigenvalue weighted by Gasteiger charge is -2.32. The van der Waals surface area contributed by atoms with Gasteiger partial charge in [-0.05, 0) is 53.7 Å². The molecule has 2 aromatic heterocycles. The first-order valence-corrected chi connectivity index (χ1v) is 10.6. The number of halogens is 1. The molecule has 0 aromatic carbocycles. The van der Waals surface area contributed by atoms with Crippen molar-refractivity contribution in [2.75, 3.05) is 19.6 Å². The highest BCUT2D eigenvalue weighted by molar-refractivity contribution is 9.10. The van der Waals surface area contributed by atoms with Crippen LogP contribution in [0.1, 0.15) is 60.2 Å². The van der Waals surface area contributed by atoms with Crippen LogP contribution in [0.25, 0.3) is 0 Å². The molecule has 0 bridgehead atoms. The van der Waals surface area contributed by atoms with Gasteiger partial charge in [-0.2, -0.15) is 0 Å². The van der Waals surface area contributed by atoms with Gasteiger partial charge in [0, 0.05) is 32.0 Å². The molecule has 0 aliphatic carbocycles. The van der Waals surface area contributed by atoms with Gasteiger partial charge in [-0.1, -0.05) is 6.42 Å². The summed E-state index contributed by atoms with van der Waals surface area (Å²) in [6, 6.07) is 3.21. The van der Waals surface area contributed by atoms with Gasteiger partial charge in [0.05, 0.1) is 6.54 Å². The molecule has 2 aliphatic heterocycles. The molecule has 1 fully saturated rings. The third-order valence-corrected chi connectivity index (χ3v) is 5.90. The molecular formula is C19H24BrN5O3. The molecule has 1 N–H and O–H groups in total. The molecule has 8 nitrogen and oxygen atoms in total. The van der Waals surface area contributed by atoms with Crippen LogP contribution in [0.4, 0.5) is 0 Å². The number of likely N-dealkylation sites (tertiary alicyclic amines) is 1. The molecule has 4 heterocycles. The summed E-state index contributed by atoms with van der Waals surface area (Å²) >= 11 is 3.16. The zero-order valence-corrected chi connectivity index (χ0v) is 17.3. The van der Waals surface area contributed by atoms with E-state index in [9.17, 15) is 9.59 Å². The number of rotatable bonds is 4. The maximum atomic E-state index is 12.6. The Morgan fingerprint density at radius 3 is 2.89 bits per heavy atom. The summed E-state index contributed by atoms with van der Waals surface area (Å²) in [6.45, 7) is 2.26. The van der Waals surface area contributed by atoms with Gasteiger partial charge in [-0.3, -0.25) is 9.59 Å². The fourth-order valence-corrected chi connectivity index (χ4v) is 4.32. The number of amides is 2. The highest BCUT2D eigenvalue weighted by atomic mass is 79.9. The van der Waals surface area contributed by atoms with Gasteiger partial charge in [-0.25, -0.2) is 0 Å². The van der Waals surface area contributed by atoms with Crippen LogP contribution in [0.15, 0.2) is 21.2 Å². The van der Waals surface area contributed by atoms with Crippen molar-refractivity contribution >= 4 is 27.7 Å². The van der Waals surface area contributed by atoms with E-state index < -0.39 is 5.91 Å². The predicted molar refractivity (Wildman–Crippen MR) is 105 cm³/mol. The molecular weight excluding hydrogens is 426 g/mol. The van der Waals surface area contributed by atoms with Crippen LogP contribution in [0.3, 0.4) is 0 Å². The Kier molecular flexibility index (Phi) is 5.79. The Bertz CT molecular complexity index is 862. The van der Waals surface area contributed by atoms with Gasteiger partial charge in [0.25, 0.3) is 5.91 Å². The number of aromatic nitrogens is 3. The Morgan fingerprint density at radius 2 is 2.07 bits per heavy atom.